The minimum atomic E-state index is -0.0129. The molecule has 0 atom stereocenters. The maximum absolute atomic E-state index is 12.5. The third-order valence-electron chi connectivity index (χ3n) is 5.78. The van der Waals surface area contributed by atoms with Gasteiger partial charge in [-0.15, -0.1) is 11.3 Å². The molecule has 1 aliphatic carbocycles. The minimum Gasteiger partial charge on any atom is -0.508 e. The molecule has 1 aliphatic heterocycles. The zero-order chi connectivity index (χ0) is 20.2. The van der Waals surface area contributed by atoms with Crippen LogP contribution in [0.25, 0.3) is 0 Å². The predicted octanol–water partition coefficient (Wildman–Crippen LogP) is 3.35. The smallest absolute Gasteiger partial charge is 0.226 e. The molecule has 1 fully saturated rings. The molecule has 0 radical (unpaired) electrons. The molecular formula is C22H26N4O2S. The summed E-state index contributed by atoms with van der Waals surface area (Å²) >= 11 is 1.58. The van der Waals surface area contributed by atoms with Crippen molar-refractivity contribution < 1.29 is 9.90 Å². The number of benzene rings is 1. The lowest BCUT2D eigenvalue weighted by atomic mass is 9.96. The van der Waals surface area contributed by atoms with Gasteiger partial charge < -0.3 is 15.3 Å². The summed E-state index contributed by atoms with van der Waals surface area (Å²) in [6, 6.07) is 9.60. The molecule has 1 aromatic carbocycles. The molecule has 1 aromatic heterocycles. The summed E-state index contributed by atoms with van der Waals surface area (Å²) in [5.74, 6) is 0.269. The molecule has 2 aliphatic rings. The number of anilines is 2. The zero-order valence-electron chi connectivity index (χ0n) is 16.5. The van der Waals surface area contributed by atoms with Gasteiger partial charge in [0.25, 0.3) is 0 Å². The van der Waals surface area contributed by atoms with Gasteiger partial charge in [0.1, 0.15) is 16.8 Å². The highest BCUT2D eigenvalue weighted by molar-refractivity contribution is 7.16. The van der Waals surface area contributed by atoms with E-state index in [1.54, 1.807) is 23.5 Å². The minimum absolute atomic E-state index is 0.0129. The van der Waals surface area contributed by atoms with Gasteiger partial charge in [-0.2, -0.15) is 5.26 Å². The molecule has 152 valence electrons. The number of nitrogens with one attached hydrogen (secondary N) is 1. The van der Waals surface area contributed by atoms with Crippen molar-refractivity contribution in [2.24, 2.45) is 0 Å². The lowest BCUT2D eigenvalue weighted by Gasteiger charge is -2.36. The normalized spacial score (nSPS) is 16.9. The Labute approximate surface area is 175 Å². The number of carbonyl (C=O) groups is 1. The van der Waals surface area contributed by atoms with Crippen LogP contribution in [0.1, 0.15) is 35.3 Å². The van der Waals surface area contributed by atoms with Crippen LogP contribution in [0.5, 0.6) is 5.75 Å². The lowest BCUT2D eigenvalue weighted by molar-refractivity contribution is -0.116. The van der Waals surface area contributed by atoms with Crippen molar-refractivity contribution in [3.8, 4) is 11.8 Å². The maximum atomic E-state index is 12.5. The predicted molar refractivity (Wildman–Crippen MR) is 116 cm³/mol. The highest BCUT2D eigenvalue weighted by Crippen LogP contribution is 2.37. The Morgan fingerprint density at radius 2 is 1.86 bits per heavy atom. The van der Waals surface area contributed by atoms with Gasteiger partial charge in [0.2, 0.25) is 5.91 Å². The largest absolute Gasteiger partial charge is 0.508 e. The molecule has 2 heterocycles. The number of phenols is 1. The molecule has 6 nitrogen and oxygen atoms in total. The third kappa shape index (κ3) is 4.55. The van der Waals surface area contributed by atoms with Crippen molar-refractivity contribution in [2.75, 3.05) is 42.9 Å². The van der Waals surface area contributed by atoms with Gasteiger partial charge in [0, 0.05) is 49.7 Å². The van der Waals surface area contributed by atoms with Crippen LogP contribution in [0.4, 0.5) is 10.7 Å². The van der Waals surface area contributed by atoms with Gasteiger partial charge in [0.15, 0.2) is 0 Å². The van der Waals surface area contributed by atoms with Gasteiger partial charge in [-0.25, -0.2) is 0 Å². The first kappa shape index (κ1) is 19.7. The van der Waals surface area contributed by atoms with Crippen molar-refractivity contribution in [1.82, 2.24) is 4.90 Å². The maximum Gasteiger partial charge on any atom is 0.226 e. The summed E-state index contributed by atoms with van der Waals surface area (Å²) in [4.78, 5) is 18.4. The molecule has 1 amide bonds. The number of piperazine rings is 1. The van der Waals surface area contributed by atoms with E-state index in [1.807, 2.05) is 12.1 Å². The van der Waals surface area contributed by atoms with Gasteiger partial charge in [-0.1, -0.05) is 0 Å². The number of fused-ring (bicyclic) bond motifs is 1. The molecule has 1 saturated heterocycles. The van der Waals surface area contributed by atoms with Crippen LogP contribution >= 0.6 is 11.3 Å². The van der Waals surface area contributed by atoms with Crippen LogP contribution in [-0.4, -0.2) is 48.6 Å². The Kier molecular flexibility index (Phi) is 6.02. The van der Waals surface area contributed by atoms with Crippen LogP contribution in [0.3, 0.4) is 0 Å². The first-order valence-electron chi connectivity index (χ1n) is 10.2. The molecule has 0 saturated carbocycles. The van der Waals surface area contributed by atoms with Crippen LogP contribution in [0, 0.1) is 11.3 Å². The van der Waals surface area contributed by atoms with Crippen molar-refractivity contribution in [3.05, 3.63) is 40.3 Å². The van der Waals surface area contributed by atoms with E-state index in [1.165, 1.54) is 11.3 Å². The number of nitrogens with zero attached hydrogens (tertiary/aromatic N) is 3. The summed E-state index contributed by atoms with van der Waals surface area (Å²) in [5, 5.41) is 22.7. The Bertz CT molecular complexity index is 908. The summed E-state index contributed by atoms with van der Waals surface area (Å²) < 4.78 is 0. The fourth-order valence-corrected chi connectivity index (χ4v) is 5.37. The highest BCUT2D eigenvalue weighted by Gasteiger charge is 2.22. The summed E-state index contributed by atoms with van der Waals surface area (Å²) in [7, 11) is 0. The number of hydrogen-bond acceptors (Lipinski definition) is 6. The number of aromatic hydroxyl groups is 1. The number of amides is 1. The van der Waals surface area contributed by atoms with Crippen molar-refractivity contribution >= 4 is 27.9 Å². The fourth-order valence-electron chi connectivity index (χ4n) is 4.11. The molecule has 0 bridgehead atoms. The Morgan fingerprint density at radius 1 is 1.14 bits per heavy atom. The van der Waals surface area contributed by atoms with Crippen molar-refractivity contribution in [1.29, 1.82) is 5.26 Å². The van der Waals surface area contributed by atoms with Crippen LogP contribution in [-0.2, 0) is 17.6 Å². The monoisotopic (exact) mass is 410 g/mol. The van der Waals surface area contributed by atoms with E-state index in [0.717, 1.165) is 68.2 Å². The second kappa shape index (κ2) is 8.85. The standard InChI is InChI=1S/C22H26N4O2S/c23-15-19-18-3-1-2-4-20(18)29-22(19)24-21(28)9-10-25-11-13-26(14-12-25)16-5-7-17(27)8-6-16/h5-8,27H,1-4,9-14H2,(H,24,28). The molecule has 0 spiro atoms. The zero-order valence-corrected chi connectivity index (χ0v) is 17.3. The first-order chi connectivity index (χ1) is 14.1. The van der Waals surface area contributed by atoms with Crippen molar-refractivity contribution in [3.63, 3.8) is 0 Å². The highest BCUT2D eigenvalue weighted by atomic mass is 32.1. The van der Waals surface area contributed by atoms with E-state index in [-0.39, 0.29) is 11.7 Å². The Morgan fingerprint density at radius 3 is 2.59 bits per heavy atom. The number of carbonyl (C=O) groups excluding carboxylic acids is 1. The molecule has 2 aromatic rings. The molecule has 0 unspecified atom stereocenters. The molecule has 29 heavy (non-hydrogen) atoms. The van der Waals surface area contributed by atoms with E-state index in [2.05, 4.69) is 21.2 Å². The quantitative estimate of drug-likeness (QED) is 0.790. The van der Waals surface area contributed by atoms with Gasteiger partial charge in [-0.05, 0) is 55.5 Å². The number of phenolic OH excluding ortho intramolecular Hbond substituents is 1. The summed E-state index contributed by atoms with van der Waals surface area (Å²) in [5.41, 5.74) is 2.95. The molecule has 4 rings (SSSR count). The van der Waals surface area contributed by atoms with E-state index >= 15 is 0 Å². The second-order valence-electron chi connectivity index (χ2n) is 7.67. The number of nitriles is 1. The molecule has 2 N–H and O–H groups in total. The summed E-state index contributed by atoms with van der Waals surface area (Å²) in [6.07, 6.45) is 4.71. The van der Waals surface area contributed by atoms with Crippen LogP contribution in [0.2, 0.25) is 0 Å². The fraction of sp³-hybridized carbons (Fsp3) is 0.455. The number of rotatable bonds is 5. The lowest BCUT2D eigenvalue weighted by Crippen LogP contribution is -2.47. The van der Waals surface area contributed by atoms with Gasteiger partial charge in [-0.3, -0.25) is 9.69 Å². The van der Waals surface area contributed by atoms with Crippen LogP contribution < -0.4 is 10.2 Å². The number of thiophene rings is 1. The van der Waals surface area contributed by atoms with Crippen LogP contribution in [0.15, 0.2) is 24.3 Å². The van der Waals surface area contributed by atoms with E-state index in [9.17, 15) is 15.2 Å². The average Bonchev–Trinajstić information content (AvgIpc) is 3.10. The topological polar surface area (TPSA) is 79.6 Å². The summed E-state index contributed by atoms with van der Waals surface area (Å²) in [6.45, 7) is 4.35. The second-order valence-corrected chi connectivity index (χ2v) is 8.78. The average molecular weight is 411 g/mol. The van der Waals surface area contributed by atoms with E-state index in [4.69, 9.17) is 0 Å². The van der Waals surface area contributed by atoms with E-state index < -0.39 is 0 Å². The number of hydrogen-bond donors (Lipinski definition) is 2. The third-order valence-corrected chi connectivity index (χ3v) is 6.99. The Balaban J connectivity index is 1.26. The number of aryl methyl sites for hydroxylation is 1. The van der Waals surface area contributed by atoms with Gasteiger partial charge in [0.05, 0.1) is 5.56 Å². The Hall–Kier alpha value is -2.56. The van der Waals surface area contributed by atoms with Gasteiger partial charge >= 0.3 is 0 Å². The van der Waals surface area contributed by atoms with E-state index in [0.29, 0.717) is 12.0 Å². The SMILES string of the molecule is N#Cc1c(NC(=O)CCN2CCN(c3ccc(O)cc3)CC2)sc2c1CCCC2. The molecule has 7 heteroatoms. The van der Waals surface area contributed by atoms with Crippen molar-refractivity contribution in [2.45, 2.75) is 32.1 Å². The first-order valence-corrected chi connectivity index (χ1v) is 11.1. The molecular weight excluding hydrogens is 384 g/mol.